The lowest BCUT2D eigenvalue weighted by atomic mass is 9.80. The van der Waals surface area contributed by atoms with Crippen LogP contribution in [0.3, 0.4) is 0 Å². The minimum atomic E-state index is -4.19. The summed E-state index contributed by atoms with van der Waals surface area (Å²) in [6.07, 6.45) is 3.78. The number of aryl methyl sites for hydroxylation is 1. The van der Waals surface area contributed by atoms with Gasteiger partial charge in [0.1, 0.15) is 12.4 Å². The van der Waals surface area contributed by atoms with Gasteiger partial charge in [0.05, 0.1) is 21.1 Å². The van der Waals surface area contributed by atoms with Crippen LogP contribution in [0.5, 0.6) is 0 Å². The van der Waals surface area contributed by atoms with Gasteiger partial charge in [0.15, 0.2) is 0 Å². The van der Waals surface area contributed by atoms with Crippen molar-refractivity contribution in [1.29, 1.82) is 0 Å². The molecule has 1 saturated carbocycles. The largest absolute Gasteiger partial charge is 0.465 e. The fourth-order valence-corrected chi connectivity index (χ4v) is 8.99. The molecule has 0 radical (unpaired) electrons. The zero-order valence-corrected chi connectivity index (χ0v) is 26.4. The number of rotatable bonds is 5. The molecule has 4 N–H and O–H groups in total. The molecule has 0 bridgehead atoms. The highest BCUT2D eigenvalue weighted by molar-refractivity contribution is 7.90. The Balaban J connectivity index is 1.44. The van der Waals surface area contributed by atoms with Crippen LogP contribution in [0.15, 0.2) is 59.8 Å². The quantitative estimate of drug-likeness (QED) is 0.286. The van der Waals surface area contributed by atoms with Crippen molar-refractivity contribution >= 4 is 61.9 Å². The van der Waals surface area contributed by atoms with Gasteiger partial charge in [0.25, 0.3) is 10.0 Å². The number of fused-ring (bicyclic) bond motifs is 3. The second-order valence-electron chi connectivity index (χ2n) is 12.3. The number of piperazine rings is 1. The number of para-hydroxylation sites is 1. The molecule has 1 saturated heterocycles. The van der Waals surface area contributed by atoms with E-state index in [0.29, 0.717) is 58.8 Å². The number of halogens is 1. The van der Waals surface area contributed by atoms with Gasteiger partial charge in [-0.15, -0.1) is 0 Å². The minimum Gasteiger partial charge on any atom is -0.465 e. The summed E-state index contributed by atoms with van der Waals surface area (Å²) in [5.41, 5.74) is 8.50. The lowest BCUT2D eigenvalue weighted by Crippen LogP contribution is -2.52. The van der Waals surface area contributed by atoms with Gasteiger partial charge >= 0.3 is 6.09 Å². The zero-order valence-electron chi connectivity index (χ0n) is 24.9. The highest BCUT2D eigenvalue weighted by Gasteiger charge is 2.49. The van der Waals surface area contributed by atoms with Crippen LogP contribution in [0.1, 0.15) is 30.4 Å². The van der Waals surface area contributed by atoms with Crippen molar-refractivity contribution in [2.24, 2.45) is 11.7 Å². The van der Waals surface area contributed by atoms with Crippen LogP contribution in [0.4, 0.5) is 16.3 Å². The van der Waals surface area contributed by atoms with Crippen molar-refractivity contribution in [2.45, 2.75) is 36.5 Å². The molecule has 46 heavy (non-hydrogen) atoms. The van der Waals surface area contributed by atoms with Crippen molar-refractivity contribution in [2.75, 3.05) is 36.4 Å². The summed E-state index contributed by atoms with van der Waals surface area (Å²) in [5, 5.41) is 13.7. The molecule has 14 heteroatoms. The van der Waals surface area contributed by atoms with Crippen LogP contribution in [0, 0.1) is 12.8 Å². The Morgan fingerprint density at radius 2 is 1.89 bits per heavy atom. The first-order valence-electron chi connectivity index (χ1n) is 14.9. The molecular formula is C32H31ClN6O6S. The van der Waals surface area contributed by atoms with Crippen molar-refractivity contribution in [3.63, 3.8) is 0 Å². The molecule has 7 rings (SSSR count). The summed E-state index contributed by atoms with van der Waals surface area (Å²) in [6, 6.07) is 11.6. The maximum atomic E-state index is 14.3. The smallest absolute Gasteiger partial charge is 0.407 e. The van der Waals surface area contributed by atoms with E-state index in [-0.39, 0.29) is 41.9 Å². The monoisotopic (exact) mass is 662 g/mol. The number of aromatic nitrogens is 2. The van der Waals surface area contributed by atoms with Gasteiger partial charge in [-0.1, -0.05) is 41.4 Å². The number of nitrogens with zero attached hydrogens (tertiary/aromatic N) is 4. The first kappa shape index (κ1) is 30.1. The Labute approximate surface area is 269 Å². The number of primary amides is 1. The number of benzene rings is 2. The maximum absolute atomic E-state index is 14.3. The summed E-state index contributed by atoms with van der Waals surface area (Å²) in [6.45, 7) is 2.18. The highest BCUT2D eigenvalue weighted by Crippen LogP contribution is 2.54. The van der Waals surface area contributed by atoms with Gasteiger partial charge in [-0.3, -0.25) is 14.5 Å². The number of hydrogen-bond acceptors (Lipinski definition) is 7. The third kappa shape index (κ3) is 4.59. The fourth-order valence-electron chi connectivity index (χ4n) is 7.16. The lowest BCUT2D eigenvalue weighted by Gasteiger charge is -2.33. The number of carbonyl (C=O) groups excluding carboxylic acids is 2. The van der Waals surface area contributed by atoms with E-state index in [1.807, 2.05) is 6.92 Å². The Kier molecular flexibility index (Phi) is 7.01. The number of carbonyl (C=O) groups is 3. The molecule has 2 unspecified atom stereocenters. The molecule has 12 nitrogen and oxygen atoms in total. The normalized spacial score (nSPS) is 21.2. The van der Waals surface area contributed by atoms with Crippen LogP contribution < -0.4 is 16.0 Å². The maximum Gasteiger partial charge on any atom is 0.407 e. The van der Waals surface area contributed by atoms with E-state index in [4.69, 9.17) is 17.3 Å². The van der Waals surface area contributed by atoms with E-state index in [2.05, 4.69) is 10.3 Å². The SMILES string of the molecule is Cc1ccc(S(=O)(=O)n2cc(-c3cnc4c(c3Cl)C3(CCC(C(N)=O)C3)CN4)c3cccc(N4CCN(C(=O)O)CC4=O)c32)cc1. The number of anilines is 2. The summed E-state index contributed by atoms with van der Waals surface area (Å²) in [7, 11) is -4.19. The molecule has 4 aromatic rings. The van der Waals surface area contributed by atoms with Crippen LogP contribution in [-0.2, 0) is 25.0 Å². The molecule has 1 aliphatic carbocycles. The Morgan fingerprint density at radius 3 is 2.57 bits per heavy atom. The summed E-state index contributed by atoms with van der Waals surface area (Å²) in [5.74, 6) is -0.479. The van der Waals surface area contributed by atoms with Crippen LogP contribution in [0.25, 0.3) is 22.0 Å². The lowest BCUT2D eigenvalue weighted by molar-refractivity contribution is -0.122. The number of nitrogens with one attached hydrogen (secondary N) is 1. The summed E-state index contributed by atoms with van der Waals surface area (Å²) in [4.78, 5) is 44.1. The summed E-state index contributed by atoms with van der Waals surface area (Å²) >= 11 is 7.22. The van der Waals surface area contributed by atoms with Gasteiger partial charge in [-0.05, 0) is 44.4 Å². The summed E-state index contributed by atoms with van der Waals surface area (Å²) < 4.78 is 29.8. The number of pyridine rings is 1. The Morgan fingerprint density at radius 1 is 1.13 bits per heavy atom. The molecule has 1 spiro atoms. The van der Waals surface area contributed by atoms with Crippen LogP contribution >= 0.6 is 11.6 Å². The molecule has 3 amide bonds. The second kappa shape index (κ2) is 10.7. The van der Waals surface area contributed by atoms with Crippen molar-refractivity contribution in [3.05, 3.63) is 71.0 Å². The molecule has 2 atom stereocenters. The number of amides is 3. The highest BCUT2D eigenvalue weighted by atomic mass is 35.5. The van der Waals surface area contributed by atoms with Crippen LogP contribution in [0.2, 0.25) is 5.02 Å². The van der Waals surface area contributed by atoms with Crippen molar-refractivity contribution in [1.82, 2.24) is 13.9 Å². The average molecular weight is 663 g/mol. The standard InChI is InChI=1S/C32H31ClN6O6S/c1-18-5-7-20(8-6-18)46(44,45)39-15-23(21-3-2-4-24(28(21)39)38-12-11-37(31(42)43)16-25(38)40)22-14-35-30-26(27(22)33)32(17-36-30)10-9-19(13-32)29(34)41/h2-8,14-15,19H,9-13,16-17H2,1H3,(H2,34,41)(H,35,36)(H,42,43). The molecule has 2 fully saturated rings. The number of hydrogen-bond donors (Lipinski definition) is 3. The molecule has 238 valence electrons. The van der Waals surface area contributed by atoms with Gasteiger partial charge < -0.3 is 21.1 Å². The number of carboxylic acid groups (broad SMARTS) is 1. The Bertz CT molecular complexity index is 2060. The second-order valence-corrected chi connectivity index (χ2v) is 14.5. The van der Waals surface area contributed by atoms with Gasteiger partial charge in [0, 0.05) is 65.4 Å². The topological polar surface area (TPSA) is 168 Å². The van der Waals surface area contributed by atoms with E-state index < -0.39 is 27.4 Å². The predicted octanol–water partition coefficient (Wildman–Crippen LogP) is 4.18. The number of nitrogens with two attached hydrogens (primary N) is 1. The van der Waals surface area contributed by atoms with E-state index >= 15 is 0 Å². The van der Waals surface area contributed by atoms with E-state index in [9.17, 15) is 27.9 Å². The molecular weight excluding hydrogens is 632 g/mol. The van der Waals surface area contributed by atoms with Crippen molar-refractivity contribution in [3.8, 4) is 11.1 Å². The third-order valence-electron chi connectivity index (χ3n) is 9.57. The fraction of sp³-hybridized carbons (Fsp3) is 0.312. The first-order valence-corrected chi connectivity index (χ1v) is 16.7. The molecule has 3 aliphatic rings. The zero-order chi connectivity index (χ0) is 32.5. The first-order chi connectivity index (χ1) is 21.9. The molecule has 2 aromatic carbocycles. The third-order valence-corrected chi connectivity index (χ3v) is 11.6. The van der Waals surface area contributed by atoms with Crippen molar-refractivity contribution < 1.29 is 27.9 Å². The average Bonchev–Trinajstić information content (AvgIpc) is 3.74. The van der Waals surface area contributed by atoms with Gasteiger partial charge in [-0.25, -0.2) is 22.2 Å². The van der Waals surface area contributed by atoms with Gasteiger partial charge in [-0.2, -0.15) is 0 Å². The predicted molar refractivity (Wildman–Crippen MR) is 173 cm³/mol. The van der Waals surface area contributed by atoms with Crippen LogP contribution in [-0.4, -0.2) is 71.5 Å². The Hall–Kier alpha value is -4.62. The van der Waals surface area contributed by atoms with E-state index in [0.717, 1.165) is 16.0 Å². The minimum absolute atomic E-state index is 0.0473. The van der Waals surface area contributed by atoms with Gasteiger partial charge in [0.2, 0.25) is 11.8 Å². The molecule has 2 aromatic heterocycles. The van der Waals surface area contributed by atoms with E-state index in [1.54, 1.807) is 36.5 Å². The molecule has 2 aliphatic heterocycles. The van der Waals surface area contributed by atoms with E-state index in [1.165, 1.54) is 27.2 Å². The molecule has 4 heterocycles.